The predicted octanol–water partition coefficient (Wildman–Crippen LogP) is 1.41. The highest BCUT2D eigenvalue weighted by molar-refractivity contribution is 5.98. The van der Waals surface area contributed by atoms with E-state index in [2.05, 4.69) is 19.9 Å². The molecule has 4 aromatic rings. The van der Waals surface area contributed by atoms with Crippen molar-refractivity contribution in [1.29, 1.82) is 5.41 Å². The molecule has 0 aliphatic heterocycles. The molecule has 0 fully saturated rings. The van der Waals surface area contributed by atoms with Crippen molar-refractivity contribution >= 4 is 33.8 Å². The highest BCUT2D eigenvalue weighted by Crippen LogP contribution is 2.18. The van der Waals surface area contributed by atoms with Gasteiger partial charge in [0.15, 0.2) is 0 Å². The van der Waals surface area contributed by atoms with Gasteiger partial charge in [-0.25, -0.2) is 9.97 Å². The quantitative estimate of drug-likeness (QED) is 0.283. The molecule has 124 valence electrons. The Labute approximate surface area is 141 Å². The molecule has 2 heterocycles. The zero-order valence-electron chi connectivity index (χ0n) is 13.1. The molecule has 4 rings (SSSR count). The lowest BCUT2D eigenvalue weighted by Gasteiger charge is -1.95. The van der Waals surface area contributed by atoms with Crippen LogP contribution in [0.4, 0.5) is 0 Å². The van der Waals surface area contributed by atoms with Crippen LogP contribution in [0.15, 0.2) is 36.4 Å². The lowest BCUT2D eigenvalue weighted by atomic mass is 10.2. The topological polar surface area (TPSA) is 150 Å². The lowest BCUT2D eigenvalue weighted by Crippen LogP contribution is -2.10. The van der Waals surface area contributed by atoms with Gasteiger partial charge in [0.25, 0.3) is 0 Å². The summed E-state index contributed by atoms with van der Waals surface area (Å²) in [7, 11) is 0. The van der Waals surface area contributed by atoms with Crippen LogP contribution in [-0.4, -0.2) is 31.7 Å². The molecular weight excluding hydrogens is 318 g/mol. The van der Waals surface area contributed by atoms with Crippen molar-refractivity contribution in [3.63, 3.8) is 0 Å². The Hall–Kier alpha value is -3.68. The van der Waals surface area contributed by atoms with Crippen LogP contribution in [0.3, 0.4) is 0 Å². The summed E-state index contributed by atoms with van der Waals surface area (Å²) >= 11 is 0. The number of benzene rings is 2. The number of hydrogen-bond donors (Lipinski definition) is 5. The fourth-order valence-corrected chi connectivity index (χ4v) is 2.76. The first-order chi connectivity index (χ1) is 12.0. The fourth-order valence-electron chi connectivity index (χ4n) is 2.76. The summed E-state index contributed by atoms with van der Waals surface area (Å²) < 4.78 is 0. The Balaban J connectivity index is 1.67. The van der Waals surface area contributed by atoms with Crippen LogP contribution in [0.2, 0.25) is 0 Å². The summed E-state index contributed by atoms with van der Waals surface area (Å²) in [4.78, 5) is 26.7. The number of nitrogens with one attached hydrogen (secondary N) is 3. The van der Waals surface area contributed by atoms with Crippen LogP contribution in [0.1, 0.15) is 27.6 Å². The molecule has 8 heteroatoms. The molecule has 0 bridgehead atoms. The Morgan fingerprint density at radius 2 is 1.44 bits per heavy atom. The van der Waals surface area contributed by atoms with Gasteiger partial charge in [-0.1, -0.05) is 0 Å². The molecule has 1 amide bonds. The number of aromatic amines is 2. The highest BCUT2D eigenvalue weighted by atomic mass is 16.1. The number of carbonyl (C=O) groups is 1. The third-order valence-corrected chi connectivity index (χ3v) is 3.99. The number of rotatable bonds is 4. The summed E-state index contributed by atoms with van der Waals surface area (Å²) in [6.45, 7) is 0. The molecule has 0 aliphatic rings. The van der Waals surface area contributed by atoms with Gasteiger partial charge in [0.1, 0.15) is 17.5 Å². The van der Waals surface area contributed by atoms with E-state index in [1.165, 1.54) is 0 Å². The Kier molecular flexibility index (Phi) is 3.24. The normalized spacial score (nSPS) is 11.2. The molecule has 0 spiro atoms. The number of imidazole rings is 2. The number of nitrogens with two attached hydrogens (primary N) is 2. The number of H-pyrrole nitrogens is 2. The van der Waals surface area contributed by atoms with E-state index in [-0.39, 0.29) is 5.84 Å². The standard InChI is InChI=1S/C17H15N7O/c18-16(19)8-1-3-10-12(5-8)23-14(21-10)7-15-22-11-4-2-9(17(20)25)6-13(11)24-15/h1-6H,7H2,(H3,18,19)(H2,20,25)(H,21,23)(H,22,24). The van der Waals surface area contributed by atoms with Crippen LogP contribution in [0.5, 0.6) is 0 Å². The second-order valence-electron chi connectivity index (χ2n) is 5.79. The van der Waals surface area contributed by atoms with Crippen LogP contribution >= 0.6 is 0 Å². The van der Waals surface area contributed by atoms with Gasteiger partial charge in [0, 0.05) is 11.1 Å². The zero-order valence-corrected chi connectivity index (χ0v) is 13.1. The largest absolute Gasteiger partial charge is 0.384 e. The van der Waals surface area contributed by atoms with E-state index >= 15 is 0 Å². The van der Waals surface area contributed by atoms with Gasteiger partial charge in [-0.2, -0.15) is 0 Å². The number of aromatic nitrogens is 4. The van der Waals surface area contributed by atoms with Crippen LogP contribution in [-0.2, 0) is 6.42 Å². The third kappa shape index (κ3) is 2.69. The van der Waals surface area contributed by atoms with E-state index in [9.17, 15) is 4.79 Å². The van der Waals surface area contributed by atoms with Gasteiger partial charge in [-0.3, -0.25) is 10.2 Å². The number of fused-ring (bicyclic) bond motifs is 2. The third-order valence-electron chi connectivity index (χ3n) is 3.99. The first kappa shape index (κ1) is 14.9. The van der Waals surface area contributed by atoms with Crippen molar-refractivity contribution in [3.05, 3.63) is 59.2 Å². The molecular formula is C17H15N7O. The molecule has 0 atom stereocenters. The number of primary amides is 1. The van der Waals surface area contributed by atoms with Crippen LogP contribution in [0, 0.1) is 5.41 Å². The van der Waals surface area contributed by atoms with Gasteiger partial charge in [0.05, 0.1) is 28.5 Å². The first-order valence-electron chi connectivity index (χ1n) is 7.61. The van der Waals surface area contributed by atoms with Crippen LogP contribution in [0.25, 0.3) is 22.1 Å². The average molecular weight is 333 g/mol. The summed E-state index contributed by atoms with van der Waals surface area (Å²) in [5.74, 6) is 0.992. The van der Waals surface area contributed by atoms with Crippen molar-refractivity contribution in [2.24, 2.45) is 11.5 Å². The van der Waals surface area contributed by atoms with E-state index in [1.54, 1.807) is 30.3 Å². The molecule has 2 aromatic heterocycles. The minimum absolute atomic E-state index is 0.00832. The highest BCUT2D eigenvalue weighted by Gasteiger charge is 2.10. The number of amides is 1. The summed E-state index contributed by atoms with van der Waals surface area (Å²) in [6.07, 6.45) is 0.477. The molecule has 0 radical (unpaired) electrons. The number of amidine groups is 1. The Bertz CT molecular complexity index is 1050. The molecule has 7 N–H and O–H groups in total. The summed E-state index contributed by atoms with van der Waals surface area (Å²) in [5.41, 5.74) is 15.0. The second kappa shape index (κ2) is 5.45. The van der Waals surface area contributed by atoms with E-state index in [1.807, 2.05) is 6.07 Å². The van der Waals surface area contributed by atoms with Gasteiger partial charge < -0.3 is 21.4 Å². The average Bonchev–Trinajstić information content (AvgIpc) is 3.15. The van der Waals surface area contributed by atoms with Crippen molar-refractivity contribution < 1.29 is 4.79 Å². The number of nitrogens with zero attached hydrogens (tertiary/aromatic N) is 2. The van der Waals surface area contributed by atoms with Crippen molar-refractivity contribution in [2.45, 2.75) is 6.42 Å². The first-order valence-corrected chi connectivity index (χ1v) is 7.61. The van der Waals surface area contributed by atoms with Gasteiger partial charge in [-0.05, 0) is 36.4 Å². The van der Waals surface area contributed by atoms with E-state index in [0.717, 1.165) is 28.2 Å². The van der Waals surface area contributed by atoms with Gasteiger partial charge in [-0.15, -0.1) is 0 Å². The molecule has 8 nitrogen and oxygen atoms in total. The summed E-state index contributed by atoms with van der Waals surface area (Å²) in [6, 6.07) is 10.5. The minimum atomic E-state index is -0.481. The maximum atomic E-state index is 11.3. The Morgan fingerprint density at radius 1 is 0.920 bits per heavy atom. The monoisotopic (exact) mass is 333 g/mol. The smallest absolute Gasteiger partial charge is 0.248 e. The molecule has 0 unspecified atom stereocenters. The van der Waals surface area contributed by atoms with Gasteiger partial charge >= 0.3 is 0 Å². The summed E-state index contributed by atoms with van der Waals surface area (Å²) in [5, 5.41) is 7.50. The number of nitrogen functional groups attached to an aromatic ring is 1. The SMILES string of the molecule is N=C(N)c1ccc2[nH]c(Cc3nc4cc(C(N)=O)ccc4[nH]3)nc2c1. The zero-order chi connectivity index (χ0) is 17.6. The molecule has 0 aliphatic carbocycles. The van der Waals surface area contributed by atoms with Gasteiger partial charge in [0.2, 0.25) is 5.91 Å². The molecule has 0 saturated carbocycles. The Morgan fingerprint density at radius 3 is 1.96 bits per heavy atom. The number of carbonyl (C=O) groups excluding carboxylic acids is 1. The second-order valence-corrected chi connectivity index (χ2v) is 5.79. The molecule has 2 aromatic carbocycles. The van der Waals surface area contributed by atoms with E-state index in [0.29, 0.717) is 23.1 Å². The lowest BCUT2D eigenvalue weighted by molar-refractivity contribution is 0.100. The van der Waals surface area contributed by atoms with E-state index < -0.39 is 5.91 Å². The minimum Gasteiger partial charge on any atom is -0.384 e. The van der Waals surface area contributed by atoms with E-state index in [4.69, 9.17) is 16.9 Å². The van der Waals surface area contributed by atoms with Crippen molar-refractivity contribution in [2.75, 3.05) is 0 Å². The number of hydrogen-bond acceptors (Lipinski definition) is 4. The van der Waals surface area contributed by atoms with Crippen molar-refractivity contribution in [3.8, 4) is 0 Å². The molecule has 0 saturated heterocycles. The maximum Gasteiger partial charge on any atom is 0.248 e. The fraction of sp³-hybridized carbons (Fsp3) is 0.0588. The maximum absolute atomic E-state index is 11.3. The van der Waals surface area contributed by atoms with Crippen molar-refractivity contribution in [1.82, 2.24) is 19.9 Å². The molecule has 25 heavy (non-hydrogen) atoms. The van der Waals surface area contributed by atoms with Crippen LogP contribution < -0.4 is 11.5 Å². The predicted molar refractivity (Wildman–Crippen MR) is 94.5 cm³/mol.